The van der Waals surface area contributed by atoms with Gasteiger partial charge in [0, 0.05) is 18.2 Å². The highest BCUT2D eigenvalue weighted by Gasteiger charge is 2.44. The lowest BCUT2D eigenvalue weighted by Crippen LogP contribution is -2.52. The summed E-state index contributed by atoms with van der Waals surface area (Å²) >= 11 is 0. The summed E-state index contributed by atoms with van der Waals surface area (Å²) in [5.74, 6) is 1.92. The molecule has 1 amide bonds. The van der Waals surface area contributed by atoms with Crippen molar-refractivity contribution in [1.82, 2.24) is 19.4 Å². The first-order chi connectivity index (χ1) is 15.1. The predicted octanol–water partition coefficient (Wildman–Crippen LogP) is 1.22. The number of aliphatic imine (C=N–C) groups is 1. The maximum Gasteiger partial charge on any atom is 0.263 e. The Morgan fingerprint density at radius 1 is 1.38 bits per heavy atom. The van der Waals surface area contributed by atoms with Crippen LogP contribution in [0.5, 0.6) is 0 Å². The summed E-state index contributed by atoms with van der Waals surface area (Å²) in [7, 11) is -2.35. The zero-order valence-corrected chi connectivity index (χ0v) is 18.4. The predicted molar refractivity (Wildman–Crippen MR) is 115 cm³/mol. The van der Waals surface area contributed by atoms with Gasteiger partial charge in [0.2, 0.25) is 21.9 Å². The van der Waals surface area contributed by atoms with Gasteiger partial charge in [-0.25, -0.2) is 22.8 Å². The fourth-order valence-electron chi connectivity index (χ4n) is 3.94. The van der Waals surface area contributed by atoms with E-state index < -0.39 is 33.5 Å². The maximum absolute atomic E-state index is 14.4. The van der Waals surface area contributed by atoms with Crippen LogP contribution in [0.3, 0.4) is 0 Å². The fraction of sp³-hybridized carbons (Fsp3) is 0.381. The van der Waals surface area contributed by atoms with Crippen LogP contribution in [0.2, 0.25) is 0 Å². The molecule has 1 aromatic heterocycles. The Bertz CT molecular complexity index is 1320. The van der Waals surface area contributed by atoms with E-state index in [9.17, 15) is 17.6 Å². The second kappa shape index (κ2) is 6.88. The summed E-state index contributed by atoms with van der Waals surface area (Å²) in [6, 6.07) is 3.94. The number of nitrogens with zero attached hydrogens (tertiary/aromatic N) is 5. The second-order valence-corrected chi connectivity index (χ2v) is 10.2. The van der Waals surface area contributed by atoms with Gasteiger partial charge in [0.1, 0.15) is 6.04 Å². The van der Waals surface area contributed by atoms with E-state index >= 15 is 0 Å². The molecule has 166 valence electrons. The molecule has 1 saturated carbocycles. The van der Waals surface area contributed by atoms with Crippen molar-refractivity contribution >= 4 is 27.6 Å². The molecule has 3 aliphatic rings. The average molecular weight is 457 g/mol. The van der Waals surface area contributed by atoms with Crippen LogP contribution in [0, 0.1) is 18.3 Å². The van der Waals surface area contributed by atoms with Crippen molar-refractivity contribution in [2.24, 2.45) is 12.0 Å². The first-order valence-corrected chi connectivity index (χ1v) is 11.6. The quantitative estimate of drug-likeness (QED) is 0.682. The molecule has 9 nitrogen and oxygen atoms in total. The van der Waals surface area contributed by atoms with E-state index in [0.29, 0.717) is 11.6 Å². The summed E-state index contributed by atoms with van der Waals surface area (Å²) < 4.78 is 43.9. The van der Waals surface area contributed by atoms with Gasteiger partial charge in [-0.15, -0.1) is 6.42 Å². The lowest BCUT2D eigenvalue weighted by Gasteiger charge is -2.37. The number of halogens is 1. The number of aromatic nitrogens is 2. The van der Waals surface area contributed by atoms with Crippen molar-refractivity contribution in [3.8, 4) is 12.3 Å². The topological polar surface area (TPSA) is 99.9 Å². The molecule has 3 heterocycles. The molecule has 0 radical (unpaired) electrons. The lowest BCUT2D eigenvalue weighted by molar-refractivity contribution is 0.0832. The zero-order chi connectivity index (χ0) is 22.8. The van der Waals surface area contributed by atoms with Gasteiger partial charge in [-0.05, 0) is 38.0 Å². The van der Waals surface area contributed by atoms with Gasteiger partial charge < -0.3 is 0 Å². The molecule has 1 atom stereocenters. The third-order valence-electron chi connectivity index (χ3n) is 6.03. The number of anilines is 1. The summed E-state index contributed by atoms with van der Waals surface area (Å²) in [5, 5.41) is 3.88. The average Bonchev–Trinajstić information content (AvgIpc) is 3.18. The second-order valence-electron chi connectivity index (χ2n) is 8.51. The number of sulfonamides is 1. The molecule has 1 fully saturated rings. The third-order valence-corrected chi connectivity index (χ3v) is 7.66. The Kier molecular flexibility index (Phi) is 4.44. The van der Waals surface area contributed by atoms with E-state index in [-0.39, 0.29) is 29.1 Å². The van der Waals surface area contributed by atoms with Crippen LogP contribution < -0.4 is 9.62 Å². The molecule has 1 aromatic carbocycles. The van der Waals surface area contributed by atoms with Gasteiger partial charge in [-0.3, -0.25) is 14.6 Å². The highest BCUT2D eigenvalue weighted by atomic mass is 32.2. The van der Waals surface area contributed by atoms with Crippen LogP contribution in [0.25, 0.3) is 0 Å². The van der Waals surface area contributed by atoms with Crippen LogP contribution in [-0.4, -0.2) is 53.1 Å². The number of hydrogen-bond acceptors (Lipinski definition) is 6. The number of guanidine groups is 1. The summed E-state index contributed by atoms with van der Waals surface area (Å²) in [6.45, 7) is 1.99. The minimum absolute atomic E-state index is 0.0120. The van der Waals surface area contributed by atoms with E-state index in [1.165, 1.54) is 30.3 Å². The monoisotopic (exact) mass is 456 g/mol. The molecule has 2 aromatic rings. The van der Waals surface area contributed by atoms with Gasteiger partial charge >= 0.3 is 0 Å². The fourth-order valence-corrected chi connectivity index (χ4v) is 5.43. The molecule has 1 N–H and O–H groups in total. The standard InChI is InChI=1S/C21H21FN6O3S/c1-4-14-11-23-20-27(12-13-10-24-26(3)18(13)22)19(29)16-9-15(5-6-17(16)28(14)20)32(30,31)25-21(2)7-8-21/h1,5-6,9-10,14,25H,7-8,11-12H2,2-3H3/t14-/m1/s1. The molecular weight excluding hydrogens is 435 g/mol. The SMILES string of the molecule is C#C[C@@H]1CN=C2N(Cc3cnn(C)c3F)C(=O)c3cc(S(=O)(=O)NC4(C)CC4)ccc3N21. The third kappa shape index (κ3) is 3.18. The minimum Gasteiger partial charge on any atom is -0.295 e. The van der Waals surface area contributed by atoms with Crippen LogP contribution >= 0.6 is 0 Å². The van der Waals surface area contributed by atoms with Crippen LogP contribution in [0.4, 0.5) is 10.1 Å². The van der Waals surface area contributed by atoms with Gasteiger partial charge in [-0.2, -0.15) is 9.49 Å². The van der Waals surface area contributed by atoms with Gasteiger partial charge in [-0.1, -0.05) is 5.92 Å². The molecule has 5 rings (SSSR count). The van der Waals surface area contributed by atoms with Crippen LogP contribution in [-0.2, 0) is 23.6 Å². The Balaban J connectivity index is 1.58. The first-order valence-electron chi connectivity index (χ1n) is 10.1. The summed E-state index contributed by atoms with van der Waals surface area (Å²) in [6.07, 6.45) is 8.55. The highest BCUT2D eigenvalue weighted by Crippen LogP contribution is 2.38. The van der Waals surface area contributed by atoms with E-state index in [4.69, 9.17) is 6.42 Å². The molecule has 11 heteroatoms. The van der Waals surface area contributed by atoms with E-state index in [1.807, 2.05) is 6.92 Å². The van der Waals surface area contributed by atoms with E-state index in [2.05, 4.69) is 20.7 Å². The number of hydrogen-bond donors (Lipinski definition) is 1. The van der Waals surface area contributed by atoms with Crippen molar-refractivity contribution in [3.05, 3.63) is 41.5 Å². The molecular formula is C21H21FN6O3S. The lowest BCUT2D eigenvalue weighted by atomic mass is 10.1. The van der Waals surface area contributed by atoms with Crippen LogP contribution in [0.15, 0.2) is 34.3 Å². The molecule has 0 saturated heterocycles. The zero-order valence-electron chi connectivity index (χ0n) is 17.5. The molecule has 0 spiro atoms. The largest absolute Gasteiger partial charge is 0.295 e. The van der Waals surface area contributed by atoms with Crippen molar-refractivity contribution in [2.75, 3.05) is 11.4 Å². The number of benzene rings is 1. The van der Waals surface area contributed by atoms with Crippen molar-refractivity contribution in [2.45, 2.75) is 42.8 Å². The number of amides is 1. The van der Waals surface area contributed by atoms with Crippen molar-refractivity contribution < 1.29 is 17.6 Å². The Morgan fingerprint density at radius 3 is 2.75 bits per heavy atom. The number of nitrogens with one attached hydrogen (secondary N) is 1. The highest BCUT2D eigenvalue weighted by molar-refractivity contribution is 7.89. The van der Waals surface area contributed by atoms with Crippen molar-refractivity contribution in [1.29, 1.82) is 0 Å². The summed E-state index contributed by atoms with van der Waals surface area (Å²) in [5.41, 5.74) is 0.405. The smallest absolute Gasteiger partial charge is 0.263 e. The number of fused-ring (bicyclic) bond motifs is 3. The Morgan fingerprint density at radius 2 is 2.12 bits per heavy atom. The van der Waals surface area contributed by atoms with Gasteiger partial charge in [0.15, 0.2) is 0 Å². The maximum atomic E-state index is 14.4. The number of terminal acetylenes is 1. The molecule has 32 heavy (non-hydrogen) atoms. The number of carbonyl (C=O) groups is 1. The minimum atomic E-state index is -3.82. The molecule has 1 aliphatic carbocycles. The first kappa shape index (κ1) is 20.7. The Hall–Kier alpha value is -3.23. The molecule has 0 bridgehead atoms. The Labute approximate surface area is 185 Å². The van der Waals surface area contributed by atoms with Crippen LogP contribution in [0.1, 0.15) is 35.7 Å². The number of aryl methyl sites for hydroxylation is 1. The molecule has 2 aliphatic heterocycles. The number of rotatable bonds is 5. The normalized spacial score (nSPS) is 21.1. The number of carbonyl (C=O) groups excluding carboxylic acids is 1. The molecule has 0 unspecified atom stereocenters. The summed E-state index contributed by atoms with van der Waals surface area (Å²) in [4.78, 5) is 20.9. The van der Waals surface area contributed by atoms with Gasteiger partial charge in [0.25, 0.3) is 5.91 Å². The van der Waals surface area contributed by atoms with Crippen molar-refractivity contribution in [3.63, 3.8) is 0 Å². The van der Waals surface area contributed by atoms with E-state index in [1.54, 1.807) is 11.0 Å². The van der Waals surface area contributed by atoms with E-state index in [0.717, 1.165) is 17.5 Å². The van der Waals surface area contributed by atoms with Gasteiger partial charge in [0.05, 0.1) is 35.4 Å².